The highest BCUT2D eigenvalue weighted by molar-refractivity contribution is 5.93. The number of carbonyl (C=O) groups excluding carboxylic acids is 1. The minimum absolute atomic E-state index is 0.0970. The van der Waals surface area contributed by atoms with Crippen LogP contribution in [0.4, 0.5) is 5.82 Å². The van der Waals surface area contributed by atoms with E-state index in [2.05, 4.69) is 61.8 Å². The molecule has 5 heteroatoms. The topological polar surface area (TPSA) is 48.5 Å². The van der Waals surface area contributed by atoms with Gasteiger partial charge in [-0.15, -0.1) is 0 Å². The van der Waals surface area contributed by atoms with Gasteiger partial charge in [0.2, 0.25) is 0 Å². The van der Waals surface area contributed by atoms with E-state index in [0.29, 0.717) is 5.69 Å². The highest BCUT2D eigenvalue weighted by Crippen LogP contribution is 2.27. The summed E-state index contributed by atoms with van der Waals surface area (Å²) in [6, 6.07) is 5.71. The van der Waals surface area contributed by atoms with Crippen molar-refractivity contribution in [3.05, 3.63) is 23.9 Å². The van der Waals surface area contributed by atoms with Gasteiger partial charge in [-0.2, -0.15) is 0 Å². The Morgan fingerprint density at radius 1 is 1.12 bits per heavy atom. The molecule has 2 rings (SSSR count). The molecule has 0 bridgehead atoms. The fourth-order valence-electron chi connectivity index (χ4n) is 3.50. The van der Waals surface area contributed by atoms with Gasteiger partial charge in [0.15, 0.2) is 0 Å². The number of pyridine rings is 1. The van der Waals surface area contributed by atoms with Crippen LogP contribution in [0.1, 0.15) is 51.5 Å². The van der Waals surface area contributed by atoms with Gasteiger partial charge in [-0.3, -0.25) is 4.79 Å². The quantitative estimate of drug-likeness (QED) is 0.921. The molecular weight excluding hydrogens is 300 g/mol. The molecule has 1 N–H and O–H groups in total. The van der Waals surface area contributed by atoms with E-state index in [0.717, 1.165) is 38.4 Å². The second-order valence-electron chi connectivity index (χ2n) is 8.75. The first kappa shape index (κ1) is 18.7. The Morgan fingerprint density at radius 3 is 2.33 bits per heavy atom. The predicted octanol–water partition coefficient (Wildman–Crippen LogP) is 2.78. The van der Waals surface area contributed by atoms with Crippen molar-refractivity contribution in [1.82, 2.24) is 15.2 Å². The van der Waals surface area contributed by atoms with Crippen molar-refractivity contribution in [3.8, 4) is 0 Å². The molecule has 1 aliphatic rings. The Labute approximate surface area is 146 Å². The number of aromatic nitrogens is 1. The Morgan fingerprint density at radius 2 is 1.75 bits per heavy atom. The predicted molar refractivity (Wildman–Crippen MR) is 99.6 cm³/mol. The molecule has 0 aromatic carbocycles. The standard InChI is InChI=1S/C19H32N4O/c1-18(2,3)14-19(4,5)21-17(24)15-8-7-9-16(20-15)23-12-10-22(6)11-13-23/h7-9H,10-14H2,1-6H3,(H,21,24). The zero-order valence-corrected chi connectivity index (χ0v) is 16.0. The number of piperazine rings is 1. The summed E-state index contributed by atoms with van der Waals surface area (Å²) in [5.41, 5.74) is 0.389. The van der Waals surface area contributed by atoms with Crippen molar-refractivity contribution in [1.29, 1.82) is 0 Å². The van der Waals surface area contributed by atoms with Gasteiger partial charge in [0.1, 0.15) is 11.5 Å². The maximum atomic E-state index is 12.6. The van der Waals surface area contributed by atoms with Gasteiger partial charge < -0.3 is 15.1 Å². The molecule has 1 fully saturated rings. The molecule has 24 heavy (non-hydrogen) atoms. The van der Waals surface area contributed by atoms with Crippen LogP contribution in [0.3, 0.4) is 0 Å². The Bertz CT molecular complexity index is 569. The largest absolute Gasteiger partial charge is 0.354 e. The number of rotatable bonds is 4. The lowest BCUT2D eigenvalue weighted by Crippen LogP contribution is -2.46. The van der Waals surface area contributed by atoms with Gasteiger partial charge in [-0.05, 0) is 44.9 Å². The van der Waals surface area contributed by atoms with Crippen LogP contribution in [0.25, 0.3) is 0 Å². The third-order valence-corrected chi connectivity index (χ3v) is 4.22. The first-order valence-corrected chi connectivity index (χ1v) is 8.79. The van der Waals surface area contributed by atoms with Crippen LogP contribution in [-0.2, 0) is 0 Å². The van der Waals surface area contributed by atoms with E-state index in [9.17, 15) is 4.79 Å². The number of nitrogens with one attached hydrogen (secondary N) is 1. The summed E-state index contributed by atoms with van der Waals surface area (Å²) in [4.78, 5) is 21.8. The van der Waals surface area contributed by atoms with Gasteiger partial charge >= 0.3 is 0 Å². The number of carbonyl (C=O) groups is 1. The molecule has 5 nitrogen and oxygen atoms in total. The summed E-state index contributed by atoms with van der Waals surface area (Å²) in [6.45, 7) is 14.6. The number of anilines is 1. The minimum Gasteiger partial charge on any atom is -0.354 e. The monoisotopic (exact) mass is 332 g/mol. The number of hydrogen-bond donors (Lipinski definition) is 1. The molecule has 134 valence electrons. The van der Waals surface area contributed by atoms with Gasteiger partial charge in [-0.25, -0.2) is 4.98 Å². The molecule has 2 heterocycles. The van der Waals surface area contributed by atoms with Crippen molar-refractivity contribution in [3.63, 3.8) is 0 Å². The lowest BCUT2D eigenvalue weighted by atomic mass is 9.82. The SMILES string of the molecule is CN1CCN(c2cccc(C(=O)NC(C)(C)CC(C)(C)C)n2)CC1. The molecule has 0 unspecified atom stereocenters. The first-order valence-electron chi connectivity index (χ1n) is 8.79. The summed E-state index contributed by atoms with van der Waals surface area (Å²) in [5, 5.41) is 3.14. The van der Waals surface area contributed by atoms with Crippen molar-refractivity contribution >= 4 is 11.7 Å². The zero-order chi connectivity index (χ0) is 18.0. The number of amides is 1. The van der Waals surface area contributed by atoms with Gasteiger partial charge in [0, 0.05) is 31.7 Å². The molecule has 0 spiro atoms. The second-order valence-corrected chi connectivity index (χ2v) is 8.75. The molecule has 0 atom stereocenters. The molecule has 1 aliphatic heterocycles. The fraction of sp³-hybridized carbons (Fsp3) is 0.684. The first-order chi connectivity index (χ1) is 11.1. The molecule has 1 amide bonds. The molecule has 1 aromatic heterocycles. The lowest BCUT2D eigenvalue weighted by molar-refractivity contribution is 0.0886. The third kappa shape index (κ3) is 5.48. The smallest absolute Gasteiger partial charge is 0.270 e. The highest BCUT2D eigenvalue weighted by atomic mass is 16.2. The minimum atomic E-state index is -0.263. The van der Waals surface area contributed by atoms with E-state index in [-0.39, 0.29) is 16.9 Å². The third-order valence-electron chi connectivity index (χ3n) is 4.22. The van der Waals surface area contributed by atoms with Crippen LogP contribution in [0.2, 0.25) is 0 Å². The van der Waals surface area contributed by atoms with Gasteiger partial charge in [0.05, 0.1) is 0 Å². The van der Waals surface area contributed by atoms with Crippen molar-refractivity contribution < 1.29 is 4.79 Å². The van der Waals surface area contributed by atoms with E-state index in [4.69, 9.17) is 0 Å². The van der Waals surface area contributed by atoms with Crippen LogP contribution in [0, 0.1) is 5.41 Å². The number of hydrogen-bond acceptors (Lipinski definition) is 4. The molecule has 0 radical (unpaired) electrons. The second kappa shape index (κ2) is 7.09. The summed E-state index contributed by atoms with van der Waals surface area (Å²) >= 11 is 0. The lowest BCUT2D eigenvalue weighted by Gasteiger charge is -2.34. The summed E-state index contributed by atoms with van der Waals surface area (Å²) in [5.74, 6) is 0.796. The normalized spacial score (nSPS) is 17.0. The van der Waals surface area contributed by atoms with Gasteiger partial charge in [-0.1, -0.05) is 26.8 Å². The van der Waals surface area contributed by atoms with Crippen LogP contribution in [-0.4, -0.2) is 54.6 Å². The molecular formula is C19H32N4O. The van der Waals surface area contributed by atoms with Crippen LogP contribution < -0.4 is 10.2 Å². The fourth-order valence-corrected chi connectivity index (χ4v) is 3.50. The van der Waals surface area contributed by atoms with E-state index >= 15 is 0 Å². The Balaban J connectivity index is 2.06. The average Bonchev–Trinajstić information content (AvgIpc) is 2.45. The molecule has 1 saturated heterocycles. The van der Waals surface area contributed by atoms with Crippen LogP contribution in [0.5, 0.6) is 0 Å². The van der Waals surface area contributed by atoms with E-state index in [1.54, 1.807) is 6.07 Å². The number of nitrogens with zero attached hydrogens (tertiary/aromatic N) is 3. The van der Waals surface area contributed by atoms with E-state index < -0.39 is 0 Å². The maximum Gasteiger partial charge on any atom is 0.270 e. The Kier molecular flexibility index (Phi) is 5.53. The zero-order valence-electron chi connectivity index (χ0n) is 16.0. The molecule has 0 aliphatic carbocycles. The molecule has 1 aromatic rings. The van der Waals surface area contributed by atoms with Crippen molar-refractivity contribution in [2.45, 2.75) is 46.6 Å². The summed E-state index contributed by atoms with van der Waals surface area (Å²) < 4.78 is 0. The number of likely N-dealkylation sites (N-methyl/N-ethyl adjacent to an activating group) is 1. The van der Waals surface area contributed by atoms with E-state index in [1.165, 1.54) is 0 Å². The van der Waals surface area contributed by atoms with E-state index in [1.807, 2.05) is 12.1 Å². The van der Waals surface area contributed by atoms with Crippen LogP contribution >= 0.6 is 0 Å². The van der Waals surface area contributed by atoms with Crippen LogP contribution in [0.15, 0.2) is 18.2 Å². The van der Waals surface area contributed by atoms with Crippen molar-refractivity contribution in [2.24, 2.45) is 5.41 Å². The molecule has 0 saturated carbocycles. The maximum absolute atomic E-state index is 12.6. The Hall–Kier alpha value is -1.62. The average molecular weight is 332 g/mol. The summed E-state index contributed by atoms with van der Waals surface area (Å²) in [7, 11) is 2.13. The van der Waals surface area contributed by atoms with Gasteiger partial charge in [0.25, 0.3) is 5.91 Å². The van der Waals surface area contributed by atoms with Crippen molar-refractivity contribution in [2.75, 3.05) is 38.1 Å². The highest BCUT2D eigenvalue weighted by Gasteiger charge is 2.28. The summed E-state index contributed by atoms with van der Waals surface area (Å²) in [6.07, 6.45) is 0.907.